The zero-order chi connectivity index (χ0) is 18.2. The van der Waals surface area contributed by atoms with Gasteiger partial charge in [-0.15, -0.1) is 0 Å². The van der Waals surface area contributed by atoms with Gasteiger partial charge < -0.3 is 5.73 Å². The molecule has 0 bridgehead atoms. The fraction of sp³-hybridized carbons (Fsp3) is 0.0588. The molecule has 0 aliphatic rings. The van der Waals surface area contributed by atoms with Crippen molar-refractivity contribution < 1.29 is 13.2 Å². The molecule has 0 saturated carbocycles. The van der Waals surface area contributed by atoms with Crippen molar-refractivity contribution >= 4 is 16.1 Å². The number of carbonyl (C=O) groups is 1. The molecule has 25 heavy (non-hydrogen) atoms. The molecule has 127 valence electrons. The lowest BCUT2D eigenvalue weighted by Gasteiger charge is -2.04. The van der Waals surface area contributed by atoms with Crippen molar-refractivity contribution in [3.05, 3.63) is 60.3 Å². The van der Waals surface area contributed by atoms with Crippen LogP contribution in [0, 0.1) is 13.1 Å². The molecule has 0 fully saturated rings. The molecule has 2 aromatic carbocycles. The third kappa shape index (κ3) is 3.44. The third-order valence-corrected chi connectivity index (χ3v) is 4.59. The summed E-state index contributed by atoms with van der Waals surface area (Å²) < 4.78 is 23.7. The number of hydrogen-bond acceptors (Lipinski definition) is 4. The Morgan fingerprint density at radius 2 is 1.60 bits per heavy atom. The van der Waals surface area contributed by atoms with E-state index < -0.39 is 16.1 Å². The zero-order valence-corrected chi connectivity index (χ0v) is 14.1. The van der Waals surface area contributed by atoms with Gasteiger partial charge in [-0.25, -0.2) is 18.4 Å². The van der Waals surface area contributed by atoms with Crippen molar-refractivity contribution in [2.24, 2.45) is 10.9 Å². The first-order valence-electron chi connectivity index (χ1n) is 7.28. The Hall–Kier alpha value is -2.97. The maximum absolute atomic E-state index is 11.5. The second kappa shape index (κ2) is 6.15. The van der Waals surface area contributed by atoms with Crippen LogP contribution < -0.4 is 10.9 Å². The second-order valence-corrected chi connectivity index (χ2v) is 7.08. The summed E-state index contributed by atoms with van der Waals surface area (Å²) >= 11 is 0. The van der Waals surface area contributed by atoms with Crippen LogP contribution in [0.5, 0.6) is 0 Å². The summed E-state index contributed by atoms with van der Waals surface area (Å²) in [5, 5.41) is 9.29. The van der Waals surface area contributed by atoms with Crippen molar-refractivity contribution in [1.82, 2.24) is 9.78 Å². The zero-order valence-electron chi connectivity index (χ0n) is 13.3. The minimum absolute atomic E-state index is 0.00792. The molecule has 1 aromatic heterocycles. The average molecular weight is 355 g/mol. The van der Waals surface area contributed by atoms with Crippen LogP contribution in [0.15, 0.2) is 53.4 Å². The van der Waals surface area contributed by atoms with E-state index in [9.17, 15) is 13.2 Å². The number of primary sulfonamides is 1. The highest BCUT2D eigenvalue weighted by Gasteiger charge is 2.17. The smallest absolute Gasteiger partial charge is 0.340 e. The van der Waals surface area contributed by atoms with E-state index in [1.807, 2.05) is 31.2 Å². The monoisotopic (exact) mass is 355 g/mol. The number of primary amides is 1. The van der Waals surface area contributed by atoms with Gasteiger partial charge in [0.25, 0.3) is 0 Å². The fourth-order valence-corrected chi connectivity index (χ4v) is 2.88. The molecule has 1 amide bonds. The highest BCUT2D eigenvalue weighted by molar-refractivity contribution is 7.89. The Morgan fingerprint density at radius 1 is 1.04 bits per heavy atom. The van der Waals surface area contributed by atoms with Gasteiger partial charge in [-0.1, -0.05) is 42.0 Å². The van der Waals surface area contributed by atoms with Crippen molar-refractivity contribution in [3.8, 4) is 22.4 Å². The summed E-state index contributed by atoms with van der Waals surface area (Å²) in [5.41, 5.74) is 8.85. The standard InChI is InChI=1S/C17H15N4O3S/c1-11-2-4-12(5-3-11)15-10-21(17(18)22)20-16(15)13-6-8-14(9-7-13)25(19,23)24/h2-9H,1H3,(H2,18,22)(H2,19,23,24). The van der Waals surface area contributed by atoms with Crippen molar-refractivity contribution in [1.29, 1.82) is 0 Å². The molecule has 0 aliphatic carbocycles. The molecule has 0 atom stereocenters. The van der Waals surface area contributed by atoms with E-state index in [1.54, 1.807) is 12.1 Å². The first-order valence-corrected chi connectivity index (χ1v) is 8.83. The number of nitrogens with zero attached hydrogens (tertiary/aromatic N) is 2. The summed E-state index contributed by atoms with van der Waals surface area (Å²) in [4.78, 5) is 11.5. The Balaban J connectivity index is 2.14. The normalized spacial score (nSPS) is 11.4. The Kier molecular flexibility index (Phi) is 4.15. The van der Waals surface area contributed by atoms with E-state index in [-0.39, 0.29) is 4.90 Å². The van der Waals surface area contributed by atoms with Gasteiger partial charge in [0.15, 0.2) is 0 Å². The number of amides is 1. The van der Waals surface area contributed by atoms with Gasteiger partial charge in [0.2, 0.25) is 10.0 Å². The molecular weight excluding hydrogens is 340 g/mol. The lowest BCUT2D eigenvalue weighted by atomic mass is 10.0. The lowest BCUT2D eigenvalue weighted by Crippen LogP contribution is -2.20. The number of carbonyl (C=O) groups excluding carboxylic acids is 1. The molecule has 8 heteroatoms. The molecule has 0 unspecified atom stereocenters. The molecule has 0 saturated heterocycles. The molecule has 1 radical (unpaired) electrons. The van der Waals surface area contributed by atoms with Crippen LogP contribution in [0.4, 0.5) is 4.79 Å². The maximum Gasteiger partial charge on any atom is 0.340 e. The number of hydrogen-bond donors (Lipinski definition) is 2. The number of sulfonamides is 1. The van der Waals surface area contributed by atoms with Gasteiger partial charge in [-0.2, -0.15) is 9.78 Å². The number of aryl methyl sites for hydroxylation is 1. The van der Waals surface area contributed by atoms with E-state index in [4.69, 9.17) is 10.9 Å². The summed E-state index contributed by atoms with van der Waals surface area (Å²) in [6.45, 7) is 1.97. The third-order valence-electron chi connectivity index (χ3n) is 3.66. The number of nitrogens with two attached hydrogens (primary N) is 2. The van der Waals surface area contributed by atoms with E-state index in [1.165, 1.54) is 12.1 Å². The summed E-state index contributed by atoms with van der Waals surface area (Å²) in [6, 6.07) is 12.8. The van der Waals surface area contributed by atoms with E-state index >= 15 is 0 Å². The fourth-order valence-electron chi connectivity index (χ4n) is 2.36. The van der Waals surface area contributed by atoms with Crippen LogP contribution in [-0.2, 0) is 10.0 Å². The minimum atomic E-state index is -3.78. The first-order chi connectivity index (χ1) is 11.8. The molecule has 4 N–H and O–H groups in total. The summed E-state index contributed by atoms with van der Waals surface area (Å²) in [6.07, 6.45) is 2.85. The predicted molar refractivity (Wildman–Crippen MR) is 93.0 cm³/mol. The van der Waals surface area contributed by atoms with E-state index in [0.717, 1.165) is 15.8 Å². The maximum atomic E-state index is 11.5. The van der Waals surface area contributed by atoms with Crippen LogP contribution in [0.25, 0.3) is 22.4 Å². The highest BCUT2D eigenvalue weighted by Crippen LogP contribution is 2.31. The van der Waals surface area contributed by atoms with Gasteiger partial charge in [-0.05, 0) is 24.6 Å². The van der Waals surface area contributed by atoms with Crippen molar-refractivity contribution in [3.63, 3.8) is 0 Å². The first kappa shape index (κ1) is 16.9. The number of benzene rings is 2. The van der Waals surface area contributed by atoms with Crippen LogP contribution in [0.2, 0.25) is 0 Å². The summed E-state index contributed by atoms with van der Waals surface area (Å²) in [5.74, 6) is 0. The van der Waals surface area contributed by atoms with Crippen LogP contribution in [0.1, 0.15) is 5.56 Å². The molecule has 0 aliphatic heterocycles. The molecule has 3 aromatic rings. The highest BCUT2D eigenvalue weighted by atomic mass is 32.2. The van der Waals surface area contributed by atoms with E-state index in [0.29, 0.717) is 16.8 Å². The van der Waals surface area contributed by atoms with Crippen LogP contribution >= 0.6 is 0 Å². The van der Waals surface area contributed by atoms with Crippen molar-refractivity contribution in [2.75, 3.05) is 0 Å². The molecule has 0 spiro atoms. The van der Waals surface area contributed by atoms with Gasteiger partial charge >= 0.3 is 6.03 Å². The molecular formula is C17H15N4O3S. The Morgan fingerprint density at radius 3 is 2.12 bits per heavy atom. The van der Waals surface area contributed by atoms with Crippen LogP contribution in [-0.4, -0.2) is 24.2 Å². The van der Waals surface area contributed by atoms with Crippen molar-refractivity contribution in [2.45, 2.75) is 11.8 Å². The Bertz CT molecular complexity index is 1040. The van der Waals surface area contributed by atoms with Gasteiger partial charge in [0.05, 0.1) is 4.90 Å². The van der Waals surface area contributed by atoms with E-state index in [2.05, 4.69) is 11.3 Å². The topological polar surface area (TPSA) is 121 Å². The van der Waals surface area contributed by atoms with Gasteiger partial charge in [0.1, 0.15) is 11.9 Å². The lowest BCUT2D eigenvalue weighted by molar-refractivity contribution is 0.247. The summed E-state index contributed by atoms with van der Waals surface area (Å²) in [7, 11) is -3.78. The van der Waals surface area contributed by atoms with Gasteiger partial charge in [0, 0.05) is 11.1 Å². The van der Waals surface area contributed by atoms with Crippen LogP contribution in [0.3, 0.4) is 0 Å². The number of aromatic nitrogens is 2. The second-order valence-electron chi connectivity index (χ2n) is 5.52. The molecule has 7 nitrogen and oxygen atoms in total. The molecule has 1 heterocycles. The quantitative estimate of drug-likeness (QED) is 0.745. The Labute approximate surface area is 144 Å². The SMILES string of the molecule is Cc1ccc(-c2[c]n(C(N)=O)nc2-c2ccc(S(N)(=O)=O)cc2)cc1. The molecule has 3 rings (SSSR count). The average Bonchev–Trinajstić information content (AvgIpc) is 3.00. The largest absolute Gasteiger partial charge is 0.350 e. The number of rotatable bonds is 3. The minimum Gasteiger partial charge on any atom is -0.350 e. The van der Waals surface area contributed by atoms with Gasteiger partial charge in [-0.3, -0.25) is 0 Å². The predicted octanol–water partition coefficient (Wildman–Crippen LogP) is 1.90.